The number of ether oxygens (including phenoxy) is 2. The van der Waals surface area contributed by atoms with Gasteiger partial charge in [-0.3, -0.25) is 4.79 Å². The number of allylic oxidation sites excluding steroid dienone is 4. The van der Waals surface area contributed by atoms with Crippen molar-refractivity contribution in [3.8, 4) is 17.2 Å². The number of fused-ring (bicyclic) bond motifs is 2. The largest absolute Gasteiger partial charge is 0.507 e. The molecule has 0 radical (unpaired) electrons. The molecule has 0 saturated heterocycles. The Morgan fingerprint density at radius 3 is 1.71 bits per heavy atom. The maximum absolute atomic E-state index is 14.3. The SMILES string of the molecule is CCCCCCCCCOc1cc2oc3cc(OCCCCCCCCBr)c(CO)c(CC=C(C)C)c3c(=O)c2c(O)c1CC=C(C)C. The van der Waals surface area contributed by atoms with E-state index in [-0.39, 0.29) is 28.8 Å². The molecular formula is C41H59BrO6. The van der Waals surface area contributed by atoms with Gasteiger partial charge in [0.05, 0.1) is 25.2 Å². The third-order valence-corrected chi connectivity index (χ3v) is 9.41. The van der Waals surface area contributed by atoms with Crippen LogP contribution in [-0.2, 0) is 19.4 Å². The maximum atomic E-state index is 14.3. The van der Waals surface area contributed by atoms with Crippen LogP contribution in [-0.4, -0.2) is 28.8 Å². The summed E-state index contributed by atoms with van der Waals surface area (Å²) >= 11 is 3.49. The Morgan fingerprint density at radius 1 is 0.708 bits per heavy atom. The van der Waals surface area contributed by atoms with Crippen molar-refractivity contribution in [2.75, 3.05) is 18.5 Å². The molecule has 2 N–H and O–H groups in total. The minimum atomic E-state index is -0.317. The molecule has 0 bridgehead atoms. The summed E-state index contributed by atoms with van der Waals surface area (Å²) in [5.74, 6) is 0.962. The predicted octanol–water partition coefficient (Wildman–Crippen LogP) is 11.4. The van der Waals surface area contributed by atoms with Crippen molar-refractivity contribution in [3.63, 3.8) is 0 Å². The number of aliphatic hydroxyl groups excluding tert-OH is 1. The summed E-state index contributed by atoms with van der Waals surface area (Å²) in [6.45, 7) is 11.0. The van der Waals surface area contributed by atoms with Crippen LogP contribution in [0.4, 0.5) is 0 Å². The van der Waals surface area contributed by atoms with E-state index in [1.165, 1.54) is 51.4 Å². The normalized spacial score (nSPS) is 11.3. The number of aliphatic hydroxyl groups is 1. The molecule has 0 saturated carbocycles. The van der Waals surface area contributed by atoms with E-state index >= 15 is 0 Å². The number of halogens is 1. The first-order valence-corrected chi connectivity index (χ1v) is 19.3. The molecule has 0 aliphatic carbocycles. The Hall–Kier alpha value is -2.77. The first-order valence-electron chi connectivity index (χ1n) is 18.2. The zero-order valence-electron chi connectivity index (χ0n) is 30.1. The predicted molar refractivity (Wildman–Crippen MR) is 204 cm³/mol. The smallest absolute Gasteiger partial charge is 0.204 e. The molecule has 1 aromatic heterocycles. The summed E-state index contributed by atoms with van der Waals surface area (Å²) in [7, 11) is 0. The zero-order valence-corrected chi connectivity index (χ0v) is 31.7. The first kappa shape index (κ1) is 39.7. The molecule has 2 aromatic carbocycles. The lowest BCUT2D eigenvalue weighted by molar-refractivity contribution is 0.259. The lowest BCUT2D eigenvalue weighted by Crippen LogP contribution is -2.11. The summed E-state index contributed by atoms with van der Waals surface area (Å²) in [5, 5.41) is 23.8. The third kappa shape index (κ3) is 11.7. The lowest BCUT2D eigenvalue weighted by atomic mass is 9.95. The van der Waals surface area contributed by atoms with E-state index < -0.39 is 0 Å². The Bertz CT molecular complexity index is 1560. The van der Waals surface area contributed by atoms with E-state index in [9.17, 15) is 15.0 Å². The molecule has 6 nitrogen and oxygen atoms in total. The van der Waals surface area contributed by atoms with Crippen LogP contribution in [0.5, 0.6) is 17.2 Å². The molecule has 0 aliphatic heterocycles. The number of alkyl halides is 1. The van der Waals surface area contributed by atoms with Crippen molar-refractivity contribution in [2.24, 2.45) is 0 Å². The molecule has 0 unspecified atom stereocenters. The van der Waals surface area contributed by atoms with E-state index in [1.54, 1.807) is 12.1 Å². The number of unbranched alkanes of at least 4 members (excludes halogenated alkanes) is 11. The van der Waals surface area contributed by atoms with E-state index in [0.29, 0.717) is 65.2 Å². The van der Waals surface area contributed by atoms with Crippen molar-refractivity contribution < 1.29 is 24.1 Å². The number of rotatable bonds is 23. The highest BCUT2D eigenvalue weighted by Crippen LogP contribution is 2.39. The topological polar surface area (TPSA) is 89.1 Å². The molecule has 3 rings (SSSR count). The van der Waals surface area contributed by atoms with Crippen LogP contribution in [0.1, 0.15) is 135 Å². The van der Waals surface area contributed by atoms with Gasteiger partial charge in [0, 0.05) is 28.6 Å². The van der Waals surface area contributed by atoms with E-state index in [4.69, 9.17) is 13.9 Å². The number of phenols is 1. The minimum absolute atomic E-state index is 0.106. The molecule has 48 heavy (non-hydrogen) atoms. The first-order chi connectivity index (χ1) is 23.2. The fraction of sp³-hybridized carbons (Fsp3) is 0.585. The van der Waals surface area contributed by atoms with Crippen LogP contribution >= 0.6 is 15.9 Å². The Labute approximate surface area is 296 Å². The number of hydrogen-bond donors (Lipinski definition) is 2. The molecule has 0 spiro atoms. The van der Waals surface area contributed by atoms with Gasteiger partial charge < -0.3 is 24.1 Å². The van der Waals surface area contributed by atoms with Gasteiger partial charge in [0.1, 0.15) is 33.8 Å². The average molecular weight is 728 g/mol. The van der Waals surface area contributed by atoms with Crippen molar-refractivity contribution in [1.29, 1.82) is 0 Å². The molecule has 0 aliphatic rings. The average Bonchev–Trinajstić information content (AvgIpc) is 3.05. The van der Waals surface area contributed by atoms with Gasteiger partial charge in [-0.1, -0.05) is 110 Å². The van der Waals surface area contributed by atoms with Gasteiger partial charge in [-0.25, -0.2) is 0 Å². The van der Waals surface area contributed by atoms with Gasteiger partial charge in [-0.05, 0) is 65.4 Å². The fourth-order valence-corrected chi connectivity index (χ4v) is 6.45. The second-order valence-electron chi connectivity index (χ2n) is 13.5. The fourth-order valence-electron chi connectivity index (χ4n) is 6.06. The van der Waals surface area contributed by atoms with Gasteiger partial charge in [0.25, 0.3) is 0 Å². The number of hydrogen-bond acceptors (Lipinski definition) is 6. The van der Waals surface area contributed by atoms with Crippen LogP contribution in [0.25, 0.3) is 21.9 Å². The highest BCUT2D eigenvalue weighted by Gasteiger charge is 2.23. The number of phenolic OH excluding ortho intramolecular Hbond substituents is 1. The Balaban J connectivity index is 2.04. The van der Waals surface area contributed by atoms with Crippen molar-refractivity contribution in [2.45, 2.75) is 138 Å². The molecule has 0 fully saturated rings. The van der Waals surface area contributed by atoms with Crippen molar-refractivity contribution in [3.05, 3.63) is 62.3 Å². The van der Waals surface area contributed by atoms with Gasteiger partial charge in [-0.15, -0.1) is 0 Å². The second kappa shape index (κ2) is 21.3. The Kier molecular flexibility index (Phi) is 17.6. The molecule has 3 aromatic rings. The van der Waals surface area contributed by atoms with E-state index in [0.717, 1.165) is 48.6 Å². The van der Waals surface area contributed by atoms with Gasteiger partial charge in [0.2, 0.25) is 5.43 Å². The second-order valence-corrected chi connectivity index (χ2v) is 14.3. The summed E-state index contributed by atoms with van der Waals surface area (Å²) in [5.41, 5.74) is 4.38. The molecular weight excluding hydrogens is 668 g/mol. The molecule has 7 heteroatoms. The zero-order chi connectivity index (χ0) is 34.9. The van der Waals surface area contributed by atoms with Crippen LogP contribution < -0.4 is 14.9 Å². The monoisotopic (exact) mass is 726 g/mol. The number of aromatic hydroxyl groups is 1. The number of benzene rings is 2. The van der Waals surface area contributed by atoms with Gasteiger partial charge >= 0.3 is 0 Å². The highest BCUT2D eigenvalue weighted by atomic mass is 79.9. The van der Waals surface area contributed by atoms with Gasteiger partial charge in [-0.2, -0.15) is 0 Å². The van der Waals surface area contributed by atoms with E-state index in [2.05, 4.69) is 22.9 Å². The third-order valence-electron chi connectivity index (χ3n) is 8.85. The van der Waals surface area contributed by atoms with Crippen LogP contribution in [0.2, 0.25) is 0 Å². The van der Waals surface area contributed by atoms with Crippen molar-refractivity contribution in [1.82, 2.24) is 0 Å². The minimum Gasteiger partial charge on any atom is -0.507 e. The molecule has 1 heterocycles. The standard InChI is InChI=1S/C41H59BrO6/c1-6-7-8-9-11-14-17-24-46-34-26-37-39(40(44)32(34)22-20-30(4)5)41(45)38-31(21-19-29(2)3)33(28-43)35(27-36(38)48-37)47-25-18-15-12-10-13-16-23-42/h19-20,26-27,43-44H,6-18,21-25,28H2,1-5H3. The summed E-state index contributed by atoms with van der Waals surface area (Å²) in [6.07, 6.45) is 19.9. The van der Waals surface area contributed by atoms with Crippen LogP contribution in [0.3, 0.4) is 0 Å². The molecule has 0 atom stereocenters. The molecule has 0 amide bonds. The van der Waals surface area contributed by atoms with Gasteiger partial charge in [0.15, 0.2) is 0 Å². The van der Waals surface area contributed by atoms with Crippen LogP contribution in [0.15, 0.2) is 44.6 Å². The summed E-state index contributed by atoms with van der Waals surface area (Å²) in [4.78, 5) is 14.3. The molecule has 266 valence electrons. The maximum Gasteiger partial charge on any atom is 0.204 e. The summed E-state index contributed by atoms with van der Waals surface area (Å²) < 4.78 is 19.0. The quantitative estimate of drug-likeness (QED) is 0.0437. The Morgan fingerprint density at radius 2 is 1.19 bits per heavy atom. The van der Waals surface area contributed by atoms with Crippen molar-refractivity contribution >= 4 is 37.9 Å². The summed E-state index contributed by atoms with van der Waals surface area (Å²) in [6, 6.07) is 3.49. The highest BCUT2D eigenvalue weighted by molar-refractivity contribution is 9.09. The lowest BCUT2D eigenvalue weighted by Gasteiger charge is -2.18. The van der Waals surface area contributed by atoms with Crippen LogP contribution in [0, 0.1) is 0 Å². The van der Waals surface area contributed by atoms with E-state index in [1.807, 2.05) is 39.8 Å².